The number of nitrogens with zero attached hydrogens (tertiary/aromatic N) is 3. The average molecular weight is 396 g/mol. The molecule has 2 aromatic rings. The fraction of sp³-hybridized carbons (Fsp3) is 0.545. The molecule has 1 aliphatic heterocycles. The van der Waals surface area contributed by atoms with E-state index in [2.05, 4.69) is 20.5 Å². The molecule has 2 amide bonds. The van der Waals surface area contributed by atoms with E-state index < -0.39 is 6.04 Å². The lowest BCUT2D eigenvalue weighted by Crippen LogP contribution is -2.44. The van der Waals surface area contributed by atoms with Crippen LogP contribution in [-0.4, -0.2) is 44.5 Å². The number of aromatic amines is 1. The van der Waals surface area contributed by atoms with E-state index >= 15 is 0 Å². The van der Waals surface area contributed by atoms with Crippen molar-refractivity contribution in [2.45, 2.75) is 64.8 Å². The Bertz CT molecular complexity index is 910. The van der Waals surface area contributed by atoms with Gasteiger partial charge in [-0.3, -0.25) is 14.7 Å². The van der Waals surface area contributed by atoms with E-state index in [4.69, 9.17) is 0 Å². The molecule has 2 heterocycles. The van der Waals surface area contributed by atoms with Gasteiger partial charge >= 0.3 is 0 Å². The van der Waals surface area contributed by atoms with Gasteiger partial charge in [-0.15, -0.1) is 0 Å². The Kier molecular flexibility index (Phi) is 5.15. The first-order valence-corrected chi connectivity index (χ1v) is 10.4. The van der Waals surface area contributed by atoms with Crippen LogP contribution in [0, 0.1) is 5.41 Å². The molecule has 0 spiro atoms. The van der Waals surface area contributed by atoms with Crippen LogP contribution in [-0.2, 0) is 9.59 Å². The van der Waals surface area contributed by atoms with E-state index in [0.29, 0.717) is 36.8 Å². The van der Waals surface area contributed by atoms with Crippen LogP contribution in [0.1, 0.15) is 64.6 Å². The van der Waals surface area contributed by atoms with Crippen molar-refractivity contribution in [2.75, 3.05) is 11.9 Å². The molecule has 1 aromatic carbocycles. The van der Waals surface area contributed by atoms with Crippen LogP contribution in [0.25, 0.3) is 11.4 Å². The van der Waals surface area contributed by atoms with E-state index in [9.17, 15) is 9.59 Å². The van der Waals surface area contributed by atoms with E-state index in [0.717, 1.165) is 30.7 Å². The molecule has 1 unspecified atom stereocenters. The van der Waals surface area contributed by atoms with E-state index in [1.54, 1.807) is 4.90 Å². The minimum absolute atomic E-state index is 0.0530. The number of carbonyl (C=O) groups is 2. The van der Waals surface area contributed by atoms with E-state index in [1.807, 2.05) is 45.0 Å². The maximum Gasteiger partial charge on any atom is 0.247 e. The van der Waals surface area contributed by atoms with Crippen molar-refractivity contribution >= 4 is 17.5 Å². The van der Waals surface area contributed by atoms with Gasteiger partial charge in [-0.1, -0.05) is 32.9 Å². The highest BCUT2D eigenvalue weighted by Gasteiger charge is 2.35. The third kappa shape index (κ3) is 4.66. The molecule has 0 radical (unpaired) electrons. The highest BCUT2D eigenvalue weighted by atomic mass is 16.2. The second-order valence-electron chi connectivity index (χ2n) is 9.37. The Labute approximate surface area is 171 Å². The monoisotopic (exact) mass is 395 g/mol. The van der Waals surface area contributed by atoms with Crippen LogP contribution in [0.3, 0.4) is 0 Å². The molecule has 1 saturated heterocycles. The number of hydrogen-bond donors (Lipinski definition) is 2. The third-order valence-electron chi connectivity index (χ3n) is 5.41. The summed E-state index contributed by atoms with van der Waals surface area (Å²) in [6, 6.07) is 7.15. The van der Waals surface area contributed by atoms with Gasteiger partial charge in [-0.25, -0.2) is 4.98 Å². The lowest BCUT2D eigenvalue weighted by Gasteiger charge is -2.27. The number of aromatic nitrogens is 3. The summed E-state index contributed by atoms with van der Waals surface area (Å²) in [7, 11) is 0. The van der Waals surface area contributed by atoms with Gasteiger partial charge < -0.3 is 10.2 Å². The van der Waals surface area contributed by atoms with Crippen LogP contribution in [0.15, 0.2) is 24.3 Å². The molecule has 4 rings (SSSR count). The Balaban J connectivity index is 1.44. The molecule has 1 aromatic heterocycles. The molecule has 7 heteroatoms. The molecule has 7 nitrogen and oxygen atoms in total. The number of hydrogen-bond acceptors (Lipinski definition) is 4. The maximum atomic E-state index is 12.9. The minimum atomic E-state index is -0.404. The quantitative estimate of drug-likeness (QED) is 0.807. The van der Waals surface area contributed by atoms with Crippen molar-refractivity contribution in [3.63, 3.8) is 0 Å². The predicted octanol–water partition coefficient (Wildman–Crippen LogP) is 3.71. The predicted molar refractivity (Wildman–Crippen MR) is 111 cm³/mol. The first kappa shape index (κ1) is 19.6. The zero-order chi connectivity index (χ0) is 20.6. The smallest absolute Gasteiger partial charge is 0.247 e. The second-order valence-corrected chi connectivity index (χ2v) is 9.37. The minimum Gasteiger partial charge on any atom is -0.331 e. The number of benzene rings is 1. The number of H-pyrrole nitrogens is 1. The summed E-state index contributed by atoms with van der Waals surface area (Å²) < 4.78 is 0. The molecule has 2 N–H and O–H groups in total. The zero-order valence-corrected chi connectivity index (χ0v) is 17.4. The lowest BCUT2D eigenvalue weighted by atomic mass is 9.91. The number of rotatable bonds is 5. The van der Waals surface area contributed by atoms with Gasteiger partial charge in [0.25, 0.3) is 0 Å². The summed E-state index contributed by atoms with van der Waals surface area (Å²) >= 11 is 0. The summed E-state index contributed by atoms with van der Waals surface area (Å²) in [6.07, 6.45) is 4.33. The Morgan fingerprint density at radius 3 is 2.76 bits per heavy atom. The molecule has 1 aliphatic carbocycles. The first-order valence-electron chi connectivity index (χ1n) is 10.4. The number of anilines is 1. The molecule has 2 aliphatic rings. The summed E-state index contributed by atoms with van der Waals surface area (Å²) in [5.41, 5.74) is 1.46. The zero-order valence-electron chi connectivity index (χ0n) is 17.4. The van der Waals surface area contributed by atoms with Crippen molar-refractivity contribution in [1.29, 1.82) is 0 Å². The maximum absolute atomic E-state index is 12.9. The van der Waals surface area contributed by atoms with Crippen molar-refractivity contribution in [1.82, 2.24) is 20.1 Å². The fourth-order valence-electron chi connectivity index (χ4n) is 3.80. The fourth-order valence-corrected chi connectivity index (χ4v) is 3.80. The van der Waals surface area contributed by atoms with Crippen LogP contribution in [0.5, 0.6) is 0 Å². The van der Waals surface area contributed by atoms with Gasteiger partial charge in [0.05, 0.1) is 0 Å². The Hall–Kier alpha value is -2.70. The van der Waals surface area contributed by atoms with Crippen LogP contribution in [0.2, 0.25) is 0 Å². The Morgan fingerprint density at radius 1 is 1.24 bits per heavy atom. The number of carbonyl (C=O) groups excluding carboxylic acids is 2. The highest BCUT2D eigenvalue weighted by Crippen LogP contribution is 2.38. The van der Waals surface area contributed by atoms with Gasteiger partial charge in [0.15, 0.2) is 5.82 Å². The van der Waals surface area contributed by atoms with Gasteiger partial charge in [-0.05, 0) is 43.2 Å². The number of nitrogens with one attached hydrogen (secondary N) is 2. The summed E-state index contributed by atoms with van der Waals surface area (Å²) in [6.45, 7) is 6.77. The van der Waals surface area contributed by atoms with Crippen molar-refractivity contribution in [3.8, 4) is 11.4 Å². The molecule has 0 bridgehead atoms. The molecule has 1 atom stereocenters. The second kappa shape index (κ2) is 7.61. The van der Waals surface area contributed by atoms with E-state index in [1.165, 1.54) is 0 Å². The molecule has 29 heavy (non-hydrogen) atoms. The largest absolute Gasteiger partial charge is 0.331 e. The van der Waals surface area contributed by atoms with Crippen molar-refractivity contribution in [2.24, 2.45) is 5.41 Å². The average Bonchev–Trinajstić information content (AvgIpc) is 3.19. The number of likely N-dealkylation sites (tertiary alicyclic amines) is 1. The van der Waals surface area contributed by atoms with Crippen LogP contribution >= 0.6 is 0 Å². The summed E-state index contributed by atoms with van der Waals surface area (Å²) in [5.74, 6) is 2.02. The Morgan fingerprint density at radius 2 is 2.03 bits per heavy atom. The van der Waals surface area contributed by atoms with Crippen LogP contribution < -0.4 is 5.32 Å². The molecule has 2 fully saturated rings. The van der Waals surface area contributed by atoms with Gasteiger partial charge in [0, 0.05) is 30.1 Å². The van der Waals surface area contributed by atoms with E-state index in [-0.39, 0.29) is 17.2 Å². The topological polar surface area (TPSA) is 91.0 Å². The molecular weight excluding hydrogens is 366 g/mol. The summed E-state index contributed by atoms with van der Waals surface area (Å²) in [5, 5.41) is 10.3. The number of amides is 2. The standard InChI is InChI=1S/C22H29N5O2/c1-22(2,3)13-18(28)27-11-5-8-17(27)21(29)23-16-7-4-6-15(12-16)20-24-19(25-26-20)14-9-10-14/h4,6-7,12,14,17H,5,8-11,13H2,1-3H3,(H,23,29)(H,24,25,26). The molecule has 154 valence electrons. The van der Waals surface area contributed by atoms with Crippen LogP contribution in [0.4, 0.5) is 5.69 Å². The van der Waals surface area contributed by atoms with Crippen molar-refractivity contribution < 1.29 is 9.59 Å². The third-order valence-corrected chi connectivity index (χ3v) is 5.41. The van der Waals surface area contributed by atoms with Gasteiger partial charge in [0.2, 0.25) is 11.8 Å². The SMILES string of the molecule is CC(C)(C)CC(=O)N1CCCC1C(=O)Nc1cccc(-c2n[nH]c(C3CC3)n2)c1. The summed E-state index contributed by atoms with van der Waals surface area (Å²) in [4.78, 5) is 31.9. The van der Waals surface area contributed by atoms with Gasteiger partial charge in [0.1, 0.15) is 11.9 Å². The normalized spacial score (nSPS) is 19.4. The molecular formula is C22H29N5O2. The highest BCUT2D eigenvalue weighted by molar-refractivity contribution is 5.98. The van der Waals surface area contributed by atoms with Gasteiger partial charge in [-0.2, -0.15) is 5.10 Å². The molecule has 1 saturated carbocycles. The first-order chi connectivity index (χ1) is 13.8. The lowest BCUT2D eigenvalue weighted by molar-refractivity contribution is -0.138. The van der Waals surface area contributed by atoms with Crippen molar-refractivity contribution in [3.05, 3.63) is 30.1 Å².